The molecule has 0 unspecified atom stereocenters. The topological polar surface area (TPSA) is 67.9 Å². The lowest BCUT2D eigenvalue weighted by Gasteiger charge is -2.15. The van der Waals surface area contributed by atoms with Crippen LogP contribution in [0.15, 0.2) is 84.6 Å². The van der Waals surface area contributed by atoms with Gasteiger partial charge >= 0.3 is 0 Å². The van der Waals surface area contributed by atoms with Crippen molar-refractivity contribution in [3.05, 3.63) is 95.7 Å². The molecule has 0 bridgehead atoms. The third-order valence-electron chi connectivity index (χ3n) is 5.59. The molecule has 3 aromatic carbocycles. The van der Waals surface area contributed by atoms with Crippen LogP contribution in [-0.2, 0) is 16.0 Å². The lowest BCUT2D eigenvalue weighted by atomic mass is 10.0. The molecule has 4 rings (SSSR count). The molecule has 174 valence electrons. The number of methoxy groups -OCH3 is 1. The van der Waals surface area contributed by atoms with Crippen molar-refractivity contribution in [2.45, 2.75) is 19.8 Å². The minimum atomic E-state index is -0.336. The second-order valence-electron chi connectivity index (χ2n) is 7.98. The van der Waals surface area contributed by atoms with Gasteiger partial charge in [-0.05, 0) is 48.2 Å². The van der Waals surface area contributed by atoms with Gasteiger partial charge in [0.05, 0.1) is 19.3 Å². The molecule has 0 saturated carbocycles. The molecule has 6 heteroatoms. The van der Waals surface area contributed by atoms with E-state index in [1.807, 2.05) is 85.8 Å². The summed E-state index contributed by atoms with van der Waals surface area (Å²) < 4.78 is 10.9. The summed E-state index contributed by atoms with van der Waals surface area (Å²) in [5.74, 6) is 0.839. The van der Waals surface area contributed by atoms with Crippen molar-refractivity contribution >= 4 is 23.1 Å². The standard InChI is InChI=1S/C28H28N2O4/c1-3-18-34-24-11-7-10-22(19-24)29-26-25(21-8-5-4-6-9-21)27(31)30(28(26)32)17-16-20-12-14-23(33-2)15-13-20/h4-15,19,29H,3,16-18H2,1-2H3. The predicted molar refractivity (Wildman–Crippen MR) is 133 cm³/mol. The maximum absolute atomic E-state index is 13.4. The molecule has 1 aliphatic rings. The van der Waals surface area contributed by atoms with Crippen LogP contribution >= 0.6 is 0 Å². The van der Waals surface area contributed by atoms with E-state index in [0.717, 1.165) is 17.7 Å². The maximum atomic E-state index is 13.4. The number of anilines is 1. The fourth-order valence-electron chi connectivity index (χ4n) is 3.83. The van der Waals surface area contributed by atoms with E-state index in [-0.39, 0.29) is 24.1 Å². The Morgan fingerprint density at radius 1 is 0.853 bits per heavy atom. The van der Waals surface area contributed by atoms with Gasteiger partial charge in [-0.2, -0.15) is 0 Å². The molecule has 1 N–H and O–H groups in total. The molecule has 0 saturated heterocycles. The zero-order valence-corrected chi connectivity index (χ0v) is 19.4. The highest BCUT2D eigenvalue weighted by atomic mass is 16.5. The van der Waals surface area contributed by atoms with Gasteiger partial charge in [0.15, 0.2) is 0 Å². The van der Waals surface area contributed by atoms with Crippen molar-refractivity contribution in [3.8, 4) is 11.5 Å². The van der Waals surface area contributed by atoms with Crippen LogP contribution in [0.2, 0.25) is 0 Å². The summed E-state index contributed by atoms with van der Waals surface area (Å²) in [6, 6.07) is 24.3. The molecule has 1 heterocycles. The molecule has 1 aliphatic heterocycles. The Labute approximate surface area is 199 Å². The number of rotatable bonds is 10. The third-order valence-corrected chi connectivity index (χ3v) is 5.59. The molecule has 2 amide bonds. The number of carbonyl (C=O) groups is 2. The van der Waals surface area contributed by atoms with E-state index < -0.39 is 0 Å². The first-order chi connectivity index (χ1) is 16.6. The SMILES string of the molecule is CCCOc1cccc(NC2=C(c3ccccc3)C(=O)N(CCc3ccc(OC)cc3)C2=O)c1. The highest BCUT2D eigenvalue weighted by molar-refractivity contribution is 6.36. The first-order valence-corrected chi connectivity index (χ1v) is 11.4. The molecular weight excluding hydrogens is 428 g/mol. The van der Waals surface area contributed by atoms with Gasteiger partial charge in [0.2, 0.25) is 0 Å². The van der Waals surface area contributed by atoms with Gasteiger partial charge < -0.3 is 14.8 Å². The molecule has 0 atom stereocenters. The van der Waals surface area contributed by atoms with Crippen LogP contribution in [0.5, 0.6) is 11.5 Å². The number of amides is 2. The first-order valence-electron chi connectivity index (χ1n) is 11.4. The first kappa shape index (κ1) is 23.1. The Kier molecular flexibility index (Phi) is 7.28. The van der Waals surface area contributed by atoms with Crippen molar-refractivity contribution < 1.29 is 19.1 Å². The molecule has 34 heavy (non-hydrogen) atoms. The number of hydrogen-bond acceptors (Lipinski definition) is 5. The van der Waals surface area contributed by atoms with Crippen molar-refractivity contribution in [2.24, 2.45) is 0 Å². The average molecular weight is 457 g/mol. The van der Waals surface area contributed by atoms with Crippen LogP contribution in [0.1, 0.15) is 24.5 Å². The molecule has 6 nitrogen and oxygen atoms in total. The zero-order valence-electron chi connectivity index (χ0n) is 19.4. The molecule has 3 aromatic rings. The van der Waals surface area contributed by atoms with Gasteiger partial charge in [-0.15, -0.1) is 0 Å². The minimum Gasteiger partial charge on any atom is -0.497 e. The molecule has 0 aromatic heterocycles. The Hall–Kier alpha value is -4.06. The fraction of sp³-hybridized carbons (Fsp3) is 0.214. The summed E-state index contributed by atoms with van der Waals surface area (Å²) in [5.41, 5.74) is 3.06. The Morgan fingerprint density at radius 2 is 1.62 bits per heavy atom. The molecule has 0 aliphatic carbocycles. The summed E-state index contributed by atoms with van der Waals surface area (Å²) in [7, 11) is 1.62. The van der Waals surface area contributed by atoms with Gasteiger partial charge in [0, 0.05) is 18.3 Å². The largest absolute Gasteiger partial charge is 0.497 e. The summed E-state index contributed by atoms with van der Waals surface area (Å²) in [6.45, 7) is 2.94. The Morgan fingerprint density at radius 3 is 2.32 bits per heavy atom. The van der Waals surface area contributed by atoms with Crippen LogP contribution in [-0.4, -0.2) is 37.0 Å². The van der Waals surface area contributed by atoms with Gasteiger partial charge in [0.25, 0.3) is 11.8 Å². The van der Waals surface area contributed by atoms with E-state index in [1.54, 1.807) is 7.11 Å². The summed E-state index contributed by atoms with van der Waals surface area (Å²) in [5, 5.41) is 3.20. The Balaban J connectivity index is 1.59. The number of ether oxygens (including phenoxy) is 2. The van der Waals surface area contributed by atoms with Crippen molar-refractivity contribution in [1.82, 2.24) is 4.90 Å². The number of nitrogens with one attached hydrogen (secondary N) is 1. The Bertz CT molecular complexity index is 1190. The lowest BCUT2D eigenvalue weighted by Crippen LogP contribution is -2.34. The number of carbonyl (C=O) groups excluding carboxylic acids is 2. The number of nitrogens with zero attached hydrogens (tertiary/aromatic N) is 1. The maximum Gasteiger partial charge on any atom is 0.278 e. The monoisotopic (exact) mass is 456 g/mol. The van der Waals surface area contributed by atoms with Gasteiger partial charge in [-0.25, -0.2) is 0 Å². The van der Waals surface area contributed by atoms with Gasteiger partial charge in [-0.1, -0.05) is 55.5 Å². The number of imide groups is 1. The van der Waals surface area contributed by atoms with Crippen molar-refractivity contribution in [2.75, 3.05) is 25.6 Å². The second kappa shape index (κ2) is 10.7. The van der Waals surface area contributed by atoms with E-state index in [4.69, 9.17) is 9.47 Å². The number of benzene rings is 3. The normalized spacial score (nSPS) is 13.4. The average Bonchev–Trinajstić information content (AvgIpc) is 3.11. The van der Waals surface area contributed by atoms with E-state index in [9.17, 15) is 9.59 Å². The molecule has 0 fully saturated rings. The predicted octanol–water partition coefficient (Wildman–Crippen LogP) is 4.92. The lowest BCUT2D eigenvalue weighted by molar-refractivity contribution is -0.136. The summed E-state index contributed by atoms with van der Waals surface area (Å²) >= 11 is 0. The second-order valence-corrected chi connectivity index (χ2v) is 7.98. The van der Waals surface area contributed by atoms with Crippen LogP contribution in [0, 0.1) is 0 Å². The van der Waals surface area contributed by atoms with Crippen molar-refractivity contribution in [3.63, 3.8) is 0 Å². The highest BCUT2D eigenvalue weighted by Crippen LogP contribution is 2.31. The van der Waals surface area contributed by atoms with Crippen LogP contribution in [0.3, 0.4) is 0 Å². The third kappa shape index (κ3) is 5.12. The van der Waals surface area contributed by atoms with Crippen molar-refractivity contribution in [1.29, 1.82) is 0 Å². The smallest absolute Gasteiger partial charge is 0.278 e. The van der Waals surface area contributed by atoms with Crippen LogP contribution in [0.25, 0.3) is 5.57 Å². The van der Waals surface area contributed by atoms with Crippen LogP contribution in [0.4, 0.5) is 5.69 Å². The summed E-state index contributed by atoms with van der Waals surface area (Å²) in [6.07, 6.45) is 1.45. The van der Waals surface area contributed by atoms with Gasteiger partial charge in [-0.3, -0.25) is 14.5 Å². The zero-order chi connectivity index (χ0) is 23.9. The minimum absolute atomic E-state index is 0.276. The quantitative estimate of drug-likeness (QED) is 0.439. The molecule has 0 spiro atoms. The van der Waals surface area contributed by atoms with E-state index in [1.165, 1.54) is 4.90 Å². The summed E-state index contributed by atoms with van der Waals surface area (Å²) in [4.78, 5) is 28.1. The van der Waals surface area contributed by atoms with Crippen LogP contribution < -0.4 is 14.8 Å². The fourth-order valence-corrected chi connectivity index (χ4v) is 3.83. The molecule has 0 radical (unpaired) electrons. The number of hydrogen-bond donors (Lipinski definition) is 1. The van der Waals surface area contributed by atoms with E-state index >= 15 is 0 Å². The van der Waals surface area contributed by atoms with E-state index in [2.05, 4.69) is 5.32 Å². The molecular formula is C28H28N2O4. The van der Waals surface area contributed by atoms with E-state index in [0.29, 0.717) is 35.6 Å². The highest BCUT2D eigenvalue weighted by Gasteiger charge is 2.38. The van der Waals surface area contributed by atoms with Gasteiger partial charge in [0.1, 0.15) is 17.2 Å².